The molecule has 2 rings (SSSR count). The second-order valence-corrected chi connectivity index (χ2v) is 6.55. The van der Waals surface area contributed by atoms with E-state index in [1.54, 1.807) is 14.7 Å². The van der Waals surface area contributed by atoms with Gasteiger partial charge in [-0.15, -0.1) is 0 Å². The summed E-state index contributed by atoms with van der Waals surface area (Å²) in [7, 11) is 0. The maximum Gasteiger partial charge on any atom is 0.425 e. The lowest BCUT2D eigenvalue weighted by molar-refractivity contribution is 0.0144. The molecule has 11 heteroatoms. The summed E-state index contributed by atoms with van der Waals surface area (Å²) >= 11 is 0. The number of nitrogens with zero attached hydrogens (tertiary/aromatic N) is 10. The summed E-state index contributed by atoms with van der Waals surface area (Å²) in [6.07, 6.45) is -1.19. The van der Waals surface area contributed by atoms with Crippen molar-refractivity contribution in [1.82, 2.24) is 19.6 Å². The third kappa shape index (κ3) is 6.38. The highest BCUT2D eigenvalue weighted by atomic mass is 19.1. The van der Waals surface area contributed by atoms with E-state index in [4.69, 9.17) is 15.8 Å². The van der Waals surface area contributed by atoms with E-state index in [2.05, 4.69) is 28.1 Å². The molecule has 0 spiro atoms. The molecule has 0 saturated carbocycles. The Hall–Kier alpha value is -3.29. The van der Waals surface area contributed by atoms with Crippen molar-refractivity contribution >= 4 is 0 Å². The lowest BCUT2D eigenvalue weighted by Gasteiger charge is -2.34. The maximum atomic E-state index is 14.0. The molecule has 0 aliphatic carbocycles. The fraction of sp³-hybridized carbons (Fsp3) is 0.667. The molecule has 2 heterocycles. The van der Waals surface area contributed by atoms with Gasteiger partial charge in [-0.2, -0.15) is 21.0 Å². The van der Waals surface area contributed by atoms with E-state index in [0.717, 1.165) is 0 Å². The molecule has 10 nitrogen and oxygen atoms in total. The first-order chi connectivity index (χ1) is 14.1. The highest BCUT2D eigenvalue weighted by Gasteiger charge is 2.30. The average Bonchev–Trinajstić information content (AvgIpc) is 2.74. The van der Waals surface area contributed by atoms with Crippen molar-refractivity contribution in [3.63, 3.8) is 0 Å². The molecule has 0 aromatic carbocycles. The predicted molar refractivity (Wildman–Crippen MR) is 101 cm³/mol. The first-order valence-electron chi connectivity index (χ1n) is 9.15. The largest absolute Gasteiger partial charge is 0.425 e. The third-order valence-corrected chi connectivity index (χ3v) is 4.82. The Balaban J connectivity index is 1.81. The number of rotatable bonds is 4. The van der Waals surface area contributed by atoms with Gasteiger partial charge in [0.25, 0.3) is 0 Å². The maximum absolute atomic E-state index is 14.0. The number of alkyl halides is 1. The van der Waals surface area contributed by atoms with Crippen LogP contribution >= 0.6 is 0 Å². The van der Waals surface area contributed by atoms with Gasteiger partial charge in [0.05, 0.1) is 24.8 Å². The normalized spacial score (nSPS) is 21.9. The van der Waals surface area contributed by atoms with Crippen molar-refractivity contribution in [2.75, 3.05) is 58.9 Å². The number of halogens is 1. The summed E-state index contributed by atoms with van der Waals surface area (Å²) < 4.78 is 14.0. The van der Waals surface area contributed by atoms with Crippen molar-refractivity contribution in [2.24, 2.45) is 0 Å². The van der Waals surface area contributed by atoms with Gasteiger partial charge in [0.1, 0.15) is 12.6 Å². The molecule has 29 heavy (non-hydrogen) atoms. The fourth-order valence-corrected chi connectivity index (χ4v) is 3.13. The SMILES string of the molecule is N#CCN1CCN(CC#[N+][N+]#CC(C#N)N2CCN(C(C#N)C#N)CC2)C(F)C1. The van der Waals surface area contributed by atoms with Crippen LogP contribution < -0.4 is 0 Å². The first kappa shape index (κ1) is 22.0. The minimum absolute atomic E-state index is 0.159. The molecule has 0 radical (unpaired) electrons. The average molecular weight is 396 g/mol. The van der Waals surface area contributed by atoms with Gasteiger partial charge < -0.3 is 0 Å². The lowest BCUT2D eigenvalue weighted by Crippen LogP contribution is -2.52. The number of piperazine rings is 2. The summed E-state index contributed by atoms with van der Waals surface area (Å²) in [6.45, 7) is 3.62. The quantitative estimate of drug-likeness (QED) is 0.368. The molecule has 2 unspecified atom stereocenters. The van der Waals surface area contributed by atoms with Crippen LogP contribution in [0.25, 0.3) is 9.91 Å². The van der Waals surface area contributed by atoms with Gasteiger partial charge in [0, 0.05) is 45.8 Å². The van der Waals surface area contributed by atoms with Gasteiger partial charge in [-0.3, -0.25) is 19.6 Å². The number of hydrogen-bond acceptors (Lipinski definition) is 8. The van der Waals surface area contributed by atoms with Crippen LogP contribution in [0.15, 0.2) is 0 Å². The van der Waals surface area contributed by atoms with E-state index in [9.17, 15) is 9.65 Å². The van der Waals surface area contributed by atoms with Gasteiger partial charge in [-0.05, 0) is 0 Å². The van der Waals surface area contributed by atoms with Crippen LogP contribution in [0.4, 0.5) is 4.39 Å². The van der Waals surface area contributed by atoms with E-state index in [1.807, 2.05) is 23.1 Å². The van der Waals surface area contributed by atoms with Crippen LogP contribution in [0.5, 0.6) is 0 Å². The molecule has 0 aromatic rings. The van der Waals surface area contributed by atoms with Gasteiger partial charge in [0.2, 0.25) is 6.04 Å². The molecule has 2 aliphatic heterocycles. The molecule has 148 valence electrons. The molecule has 2 saturated heterocycles. The van der Waals surface area contributed by atoms with Crippen molar-refractivity contribution in [1.29, 1.82) is 21.0 Å². The van der Waals surface area contributed by atoms with Crippen LogP contribution in [0.1, 0.15) is 0 Å². The zero-order chi connectivity index (χ0) is 21.1. The van der Waals surface area contributed by atoms with E-state index >= 15 is 0 Å². The molecule has 2 fully saturated rings. The topological polar surface area (TPSA) is 117 Å². The Morgan fingerprint density at radius 3 is 2.00 bits per heavy atom. The summed E-state index contributed by atoms with van der Waals surface area (Å²) in [6, 6.07) is 11.8. The predicted octanol–water partition coefficient (Wildman–Crippen LogP) is -0.0705. The Morgan fingerprint density at radius 2 is 1.45 bits per heavy atom. The first-order valence-corrected chi connectivity index (χ1v) is 9.15. The van der Waals surface area contributed by atoms with Gasteiger partial charge in [-0.1, -0.05) is 0 Å². The Kier molecular flexibility index (Phi) is 8.75. The highest BCUT2D eigenvalue weighted by Crippen LogP contribution is 2.10. The third-order valence-electron chi connectivity index (χ3n) is 4.82. The molecule has 2 atom stereocenters. The standard InChI is InChI=1S/C18H21FN10/c19-18-15-26(3-1-20)5-6-29(18)4-2-24-25-14-17(13-23)28-9-7-27(8-10-28)16(11-21)12-22/h16-18H,3-10,15H2/q+2. The molecular weight excluding hydrogens is 375 g/mol. The summed E-state index contributed by atoms with van der Waals surface area (Å²) in [5, 5.41) is 35.9. The zero-order valence-electron chi connectivity index (χ0n) is 15.9. The smallest absolute Gasteiger partial charge is 0.285 e. The molecule has 2 aliphatic rings. The minimum Gasteiger partial charge on any atom is -0.285 e. The summed E-state index contributed by atoms with van der Waals surface area (Å²) in [4.78, 5) is 14.4. The Labute approximate surface area is 169 Å². The highest BCUT2D eigenvalue weighted by molar-refractivity contribution is 5.16. The lowest BCUT2D eigenvalue weighted by atomic mass is 10.2. The van der Waals surface area contributed by atoms with Gasteiger partial charge in [0.15, 0.2) is 12.3 Å². The van der Waals surface area contributed by atoms with Crippen LogP contribution in [-0.4, -0.2) is 96.9 Å². The number of nitriles is 4. The molecule has 0 aromatic heterocycles. The Morgan fingerprint density at radius 1 is 0.828 bits per heavy atom. The van der Waals surface area contributed by atoms with Crippen LogP contribution in [0, 0.1) is 57.5 Å². The van der Waals surface area contributed by atoms with Gasteiger partial charge >= 0.3 is 22.0 Å². The second-order valence-electron chi connectivity index (χ2n) is 6.55. The van der Waals surface area contributed by atoms with Gasteiger partial charge in [-0.25, -0.2) is 4.39 Å². The van der Waals surface area contributed by atoms with Crippen molar-refractivity contribution < 1.29 is 4.39 Å². The zero-order valence-corrected chi connectivity index (χ0v) is 15.9. The summed E-state index contributed by atoms with van der Waals surface area (Å²) in [5.74, 6) is 0. The van der Waals surface area contributed by atoms with E-state index in [0.29, 0.717) is 39.3 Å². The molecule has 0 bridgehead atoms. The van der Waals surface area contributed by atoms with E-state index in [-0.39, 0.29) is 19.6 Å². The Bertz CT molecular complexity index is 833. The summed E-state index contributed by atoms with van der Waals surface area (Å²) in [5.41, 5.74) is 0. The van der Waals surface area contributed by atoms with Crippen molar-refractivity contribution in [2.45, 2.75) is 18.4 Å². The van der Waals surface area contributed by atoms with E-state index in [1.165, 1.54) is 0 Å². The van der Waals surface area contributed by atoms with Crippen molar-refractivity contribution in [3.8, 4) is 36.4 Å². The minimum atomic E-state index is -1.19. The fourth-order valence-electron chi connectivity index (χ4n) is 3.13. The monoisotopic (exact) mass is 396 g/mol. The number of hydrogen-bond donors (Lipinski definition) is 0. The molecule has 0 amide bonds. The second kappa shape index (κ2) is 11.5. The van der Waals surface area contributed by atoms with Crippen LogP contribution in [0.3, 0.4) is 0 Å². The molecular formula is C18H21FN10+2. The van der Waals surface area contributed by atoms with E-state index < -0.39 is 18.4 Å². The van der Waals surface area contributed by atoms with Crippen LogP contribution in [-0.2, 0) is 0 Å². The van der Waals surface area contributed by atoms with Crippen LogP contribution in [0.2, 0.25) is 0 Å². The molecule has 0 N–H and O–H groups in total. The van der Waals surface area contributed by atoms with Crippen molar-refractivity contribution in [3.05, 3.63) is 9.91 Å².